The molecule has 0 spiro atoms. The second-order valence-corrected chi connectivity index (χ2v) is 3.33. The average Bonchev–Trinajstić information content (AvgIpc) is 2.75. The molecule has 4 nitrogen and oxygen atoms in total. The van der Waals surface area contributed by atoms with E-state index in [0.29, 0.717) is 11.6 Å². The number of hydrogen-bond donors (Lipinski definition) is 1. The van der Waals surface area contributed by atoms with Gasteiger partial charge in [-0.25, -0.2) is 9.97 Å². The number of aryl methyl sites for hydroxylation is 1. The number of hydrogen-bond acceptors (Lipinski definition) is 4. The zero-order valence-corrected chi connectivity index (χ0v) is 9.03. The molecule has 0 bridgehead atoms. The summed E-state index contributed by atoms with van der Waals surface area (Å²) >= 11 is 0. The Labute approximate surface area is 88.4 Å². The first-order valence-corrected chi connectivity index (χ1v) is 4.79. The molecule has 2 heterocycles. The van der Waals surface area contributed by atoms with Gasteiger partial charge in [0.05, 0.1) is 6.26 Å². The molecule has 0 amide bonds. The Bertz CT molecular complexity index is 463. The topological polar surface area (TPSA) is 51.0 Å². The fourth-order valence-electron chi connectivity index (χ4n) is 1.39. The summed E-state index contributed by atoms with van der Waals surface area (Å²) in [6.07, 6.45) is 1.62. The second-order valence-electron chi connectivity index (χ2n) is 3.33. The largest absolute Gasteiger partial charge is 0.461 e. The van der Waals surface area contributed by atoms with Crippen molar-refractivity contribution in [3.05, 3.63) is 29.7 Å². The second kappa shape index (κ2) is 3.73. The van der Waals surface area contributed by atoms with E-state index in [2.05, 4.69) is 15.3 Å². The van der Waals surface area contributed by atoms with Crippen LogP contribution in [0.3, 0.4) is 0 Å². The molecule has 0 saturated carbocycles. The van der Waals surface area contributed by atoms with Crippen molar-refractivity contribution in [2.45, 2.75) is 13.8 Å². The van der Waals surface area contributed by atoms with Gasteiger partial charge in [-0.2, -0.15) is 0 Å². The van der Waals surface area contributed by atoms with Crippen LogP contribution in [0, 0.1) is 13.8 Å². The van der Waals surface area contributed by atoms with Crippen LogP contribution >= 0.6 is 0 Å². The Kier molecular flexibility index (Phi) is 2.41. The molecule has 0 unspecified atom stereocenters. The van der Waals surface area contributed by atoms with Crippen molar-refractivity contribution in [3.8, 4) is 11.6 Å². The van der Waals surface area contributed by atoms with Crippen LogP contribution in [0.4, 0.5) is 5.82 Å². The van der Waals surface area contributed by atoms with Gasteiger partial charge in [-0.1, -0.05) is 0 Å². The van der Waals surface area contributed by atoms with Crippen molar-refractivity contribution in [3.63, 3.8) is 0 Å². The van der Waals surface area contributed by atoms with E-state index in [1.165, 1.54) is 0 Å². The van der Waals surface area contributed by atoms with E-state index < -0.39 is 0 Å². The fourth-order valence-corrected chi connectivity index (χ4v) is 1.39. The molecule has 15 heavy (non-hydrogen) atoms. The molecule has 1 N–H and O–H groups in total. The maximum Gasteiger partial charge on any atom is 0.197 e. The first kappa shape index (κ1) is 9.71. The van der Waals surface area contributed by atoms with Crippen molar-refractivity contribution in [1.82, 2.24) is 9.97 Å². The Hall–Kier alpha value is -1.84. The molecular weight excluding hydrogens is 190 g/mol. The van der Waals surface area contributed by atoms with E-state index in [9.17, 15) is 0 Å². The van der Waals surface area contributed by atoms with Crippen molar-refractivity contribution in [1.29, 1.82) is 0 Å². The summed E-state index contributed by atoms with van der Waals surface area (Å²) < 4.78 is 5.26. The lowest BCUT2D eigenvalue weighted by Gasteiger charge is -2.07. The number of aromatic nitrogens is 2. The quantitative estimate of drug-likeness (QED) is 0.814. The highest BCUT2D eigenvalue weighted by Gasteiger charge is 2.09. The zero-order chi connectivity index (χ0) is 10.8. The molecular formula is C11H13N3O. The van der Waals surface area contributed by atoms with E-state index >= 15 is 0 Å². The van der Waals surface area contributed by atoms with Crippen molar-refractivity contribution in [2.75, 3.05) is 12.4 Å². The van der Waals surface area contributed by atoms with Crippen LogP contribution in [0.15, 0.2) is 22.8 Å². The predicted molar refractivity (Wildman–Crippen MR) is 58.8 cm³/mol. The summed E-state index contributed by atoms with van der Waals surface area (Å²) in [5, 5.41) is 3.05. The van der Waals surface area contributed by atoms with Crippen LogP contribution in [0.25, 0.3) is 11.6 Å². The third-order valence-electron chi connectivity index (χ3n) is 2.37. The highest BCUT2D eigenvalue weighted by atomic mass is 16.3. The van der Waals surface area contributed by atoms with Crippen molar-refractivity contribution >= 4 is 5.82 Å². The van der Waals surface area contributed by atoms with Gasteiger partial charge in [-0.3, -0.25) is 0 Å². The molecule has 78 valence electrons. The summed E-state index contributed by atoms with van der Waals surface area (Å²) in [5.74, 6) is 2.15. The molecule has 4 heteroatoms. The standard InChI is InChI=1S/C11H13N3O/c1-7-8(2)13-11(14-10(7)12-3)9-5-4-6-15-9/h4-6H,1-3H3,(H,12,13,14). The van der Waals surface area contributed by atoms with E-state index in [-0.39, 0.29) is 0 Å². The lowest BCUT2D eigenvalue weighted by molar-refractivity contribution is 0.577. The Morgan fingerprint density at radius 1 is 1.27 bits per heavy atom. The zero-order valence-electron chi connectivity index (χ0n) is 9.03. The molecule has 0 aromatic carbocycles. The fraction of sp³-hybridized carbons (Fsp3) is 0.273. The summed E-state index contributed by atoms with van der Waals surface area (Å²) in [5.41, 5.74) is 2.02. The van der Waals surface area contributed by atoms with Crippen LogP contribution in [0.5, 0.6) is 0 Å². The third kappa shape index (κ3) is 1.70. The van der Waals surface area contributed by atoms with Gasteiger partial charge in [0.25, 0.3) is 0 Å². The number of furan rings is 1. The Balaban J connectivity index is 2.55. The molecule has 0 atom stereocenters. The molecule has 0 aliphatic carbocycles. The van der Waals surface area contributed by atoms with Gasteiger partial charge in [-0.15, -0.1) is 0 Å². The van der Waals surface area contributed by atoms with Crippen LogP contribution in [-0.4, -0.2) is 17.0 Å². The third-order valence-corrected chi connectivity index (χ3v) is 2.37. The summed E-state index contributed by atoms with van der Waals surface area (Å²) in [6.45, 7) is 3.96. The van der Waals surface area contributed by atoms with Gasteiger partial charge in [0.1, 0.15) is 5.82 Å². The van der Waals surface area contributed by atoms with Gasteiger partial charge in [-0.05, 0) is 26.0 Å². The van der Waals surface area contributed by atoms with Crippen molar-refractivity contribution in [2.24, 2.45) is 0 Å². The molecule has 0 aliphatic heterocycles. The lowest BCUT2D eigenvalue weighted by atomic mass is 10.2. The van der Waals surface area contributed by atoms with Gasteiger partial charge in [0.15, 0.2) is 11.6 Å². The molecule has 0 fully saturated rings. The SMILES string of the molecule is CNc1nc(-c2ccco2)nc(C)c1C. The van der Waals surface area contributed by atoms with E-state index in [1.54, 1.807) is 6.26 Å². The minimum absolute atomic E-state index is 0.618. The molecule has 0 saturated heterocycles. The minimum atomic E-state index is 0.618. The lowest BCUT2D eigenvalue weighted by Crippen LogP contribution is -2.02. The van der Waals surface area contributed by atoms with Crippen LogP contribution < -0.4 is 5.32 Å². The van der Waals surface area contributed by atoms with E-state index in [4.69, 9.17) is 4.42 Å². The normalized spacial score (nSPS) is 10.3. The van der Waals surface area contributed by atoms with E-state index in [1.807, 2.05) is 33.0 Å². The molecule has 2 aromatic rings. The maximum absolute atomic E-state index is 5.26. The van der Waals surface area contributed by atoms with Gasteiger partial charge in [0.2, 0.25) is 0 Å². The highest BCUT2D eigenvalue weighted by molar-refractivity contribution is 5.54. The van der Waals surface area contributed by atoms with Crippen molar-refractivity contribution < 1.29 is 4.42 Å². The first-order chi connectivity index (χ1) is 7.22. The Morgan fingerprint density at radius 2 is 2.07 bits per heavy atom. The smallest absolute Gasteiger partial charge is 0.197 e. The van der Waals surface area contributed by atoms with Crippen LogP contribution in [0.2, 0.25) is 0 Å². The first-order valence-electron chi connectivity index (χ1n) is 4.79. The Morgan fingerprint density at radius 3 is 2.67 bits per heavy atom. The summed E-state index contributed by atoms with van der Waals surface area (Å²) in [4.78, 5) is 8.76. The average molecular weight is 203 g/mol. The summed E-state index contributed by atoms with van der Waals surface area (Å²) in [7, 11) is 1.85. The predicted octanol–water partition coefficient (Wildman–Crippen LogP) is 2.40. The van der Waals surface area contributed by atoms with Gasteiger partial charge < -0.3 is 9.73 Å². The molecule has 0 aliphatic rings. The van der Waals surface area contributed by atoms with Crippen LogP contribution in [0.1, 0.15) is 11.3 Å². The minimum Gasteiger partial charge on any atom is -0.461 e. The number of anilines is 1. The number of nitrogens with zero attached hydrogens (tertiary/aromatic N) is 2. The highest BCUT2D eigenvalue weighted by Crippen LogP contribution is 2.21. The van der Waals surface area contributed by atoms with Gasteiger partial charge in [0, 0.05) is 18.3 Å². The van der Waals surface area contributed by atoms with Crippen LogP contribution in [-0.2, 0) is 0 Å². The molecule has 0 radical (unpaired) electrons. The molecule has 2 aromatic heterocycles. The monoisotopic (exact) mass is 203 g/mol. The molecule has 2 rings (SSSR count). The maximum atomic E-state index is 5.26. The number of rotatable bonds is 2. The summed E-state index contributed by atoms with van der Waals surface area (Å²) in [6, 6.07) is 3.68. The van der Waals surface area contributed by atoms with E-state index in [0.717, 1.165) is 17.1 Å². The number of nitrogens with one attached hydrogen (secondary N) is 1. The van der Waals surface area contributed by atoms with Gasteiger partial charge >= 0.3 is 0 Å².